The maximum atomic E-state index is 12.1. The van der Waals surface area contributed by atoms with Gasteiger partial charge in [0.15, 0.2) is 10.8 Å². The average molecular weight is 367 g/mol. The predicted octanol–water partition coefficient (Wildman–Crippen LogP) is 1.44. The molecule has 0 spiro atoms. The van der Waals surface area contributed by atoms with Crippen LogP contribution < -0.4 is 4.72 Å². The molecule has 2 heterocycles. The Morgan fingerprint density at radius 3 is 2.79 bits per heavy atom. The number of aryl methyl sites for hydroxylation is 1. The molecule has 0 aliphatic rings. The Hall–Kier alpha value is -1.46. The van der Waals surface area contributed by atoms with E-state index in [2.05, 4.69) is 35.8 Å². The summed E-state index contributed by atoms with van der Waals surface area (Å²) < 4.78 is 27.1. The van der Waals surface area contributed by atoms with Gasteiger partial charge in [-0.2, -0.15) is 5.10 Å². The minimum absolute atomic E-state index is 0.129. The number of H-pyrrole nitrogens is 1. The number of carboxylic acid groups (broad SMARTS) is 1. The molecule has 3 N–H and O–H groups in total. The zero-order chi connectivity index (χ0) is 14.2. The monoisotopic (exact) mass is 366 g/mol. The van der Waals surface area contributed by atoms with Gasteiger partial charge >= 0.3 is 5.97 Å². The van der Waals surface area contributed by atoms with Crippen LogP contribution in [0.25, 0.3) is 0 Å². The van der Waals surface area contributed by atoms with Crippen LogP contribution in [0.2, 0.25) is 0 Å². The van der Waals surface area contributed by atoms with E-state index in [4.69, 9.17) is 5.11 Å². The molecule has 0 radical (unpaired) electrons. The van der Waals surface area contributed by atoms with Crippen LogP contribution in [0.15, 0.2) is 14.9 Å². The summed E-state index contributed by atoms with van der Waals surface area (Å²) in [4.78, 5) is 14.4. The number of halogens is 1. The van der Waals surface area contributed by atoms with Crippen molar-refractivity contribution in [2.24, 2.45) is 0 Å². The maximum Gasteiger partial charge on any atom is 0.357 e. The molecule has 0 atom stereocenters. The summed E-state index contributed by atoms with van der Waals surface area (Å²) in [5, 5.41) is 14.8. The highest BCUT2D eigenvalue weighted by atomic mass is 79.9. The van der Waals surface area contributed by atoms with Crippen molar-refractivity contribution in [3.8, 4) is 0 Å². The third kappa shape index (κ3) is 2.77. The molecule has 0 unspecified atom stereocenters. The Bertz CT molecular complexity index is 736. The molecule has 2 rings (SSSR count). The standard InChI is InChI=1S/C8H7BrN4O4S2/c1-3-6(5(7(14)15)12-11-3)19(16,17)13-8-10-2-4(9)18-8/h2H,1H3,(H,10,13)(H,11,12)(H,14,15). The normalized spacial score (nSPS) is 11.5. The van der Waals surface area contributed by atoms with Gasteiger partial charge in [0.05, 0.1) is 15.7 Å². The second-order valence-electron chi connectivity index (χ2n) is 3.41. The highest BCUT2D eigenvalue weighted by Crippen LogP contribution is 2.27. The van der Waals surface area contributed by atoms with Crippen LogP contribution in [0.1, 0.15) is 16.2 Å². The fourth-order valence-electron chi connectivity index (χ4n) is 1.36. The molecule has 2 aromatic heterocycles. The number of aromatic nitrogens is 3. The molecule has 8 nitrogen and oxygen atoms in total. The molecular formula is C8H7BrN4O4S2. The van der Waals surface area contributed by atoms with Crippen molar-refractivity contribution >= 4 is 48.4 Å². The summed E-state index contributed by atoms with van der Waals surface area (Å²) in [5.41, 5.74) is -0.416. The zero-order valence-corrected chi connectivity index (χ0v) is 12.6. The third-order valence-electron chi connectivity index (χ3n) is 2.06. The van der Waals surface area contributed by atoms with Crippen LogP contribution in [0, 0.1) is 6.92 Å². The van der Waals surface area contributed by atoms with Gasteiger partial charge in [-0.15, -0.1) is 0 Å². The van der Waals surface area contributed by atoms with E-state index in [0.717, 1.165) is 11.3 Å². The van der Waals surface area contributed by atoms with E-state index in [-0.39, 0.29) is 10.8 Å². The number of carbonyl (C=O) groups is 1. The Morgan fingerprint density at radius 1 is 1.58 bits per heavy atom. The number of anilines is 1. The number of rotatable bonds is 4. The van der Waals surface area contributed by atoms with Crippen molar-refractivity contribution in [3.05, 3.63) is 21.4 Å². The van der Waals surface area contributed by atoms with Crippen molar-refractivity contribution in [2.75, 3.05) is 4.72 Å². The lowest BCUT2D eigenvalue weighted by Gasteiger charge is -2.04. The predicted molar refractivity (Wildman–Crippen MR) is 70.9 cm³/mol. The van der Waals surface area contributed by atoms with Crippen LogP contribution in [0.5, 0.6) is 0 Å². The maximum absolute atomic E-state index is 12.1. The lowest BCUT2D eigenvalue weighted by molar-refractivity contribution is 0.0686. The van der Waals surface area contributed by atoms with Crippen molar-refractivity contribution in [3.63, 3.8) is 0 Å². The molecule has 19 heavy (non-hydrogen) atoms. The number of thiazole rings is 1. The van der Waals surface area contributed by atoms with E-state index in [9.17, 15) is 13.2 Å². The van der Waals surface area contributed by atoms with Crippen LogP contribution in [0.4, 0.5) is 5.13 Å². The van der Waals surface area contributed by atoms with Crippen LogP contribution in [-0.4, -0.2) is 34.7 Å². The Balaban J connectivity index is 2.45. The summed E-state index contributed by atoms with van der Waals surface area (Å²) in [6.07, 6.45) is 1.43. The summed E-state index contributed by atoms with van der Waals surface area (Å²) in [7, 11) is -4.06. The van der Waals surface area contributed by atoms with Crippen molar-refractivity contribution in [2.45, 2.75) is 11.8 Å². The molecule has 102 valence electrons. The number of aromatic carboxylic acids is 1. The van der Waals surface area contributed by atoms with Gasteiger partial charge in [-0.05, 0) is 22.9 Å². The van der Waals surface area contributed by atoms with Crippen molar-refractivity contribution < 1.29 is 18.3 Å². The molecule has 0 aromatic carbocycles. The SMILES string of the molecule is Cc1[nH]nc(C(=O)O)c1S(=O)(=O)Nc1ncc(Br)s1. The van der Waals surface area contributed by atoms with Gasteiger partial charge in [-0.1, -0.05) is 11.3 Å². The quantitative estimate of drug-likeness (QED) is 0.751. The third-order valence-corrected chi connectivity index (χ3v) is 5.08. The minimum atomic E-state index is -4.06. The molecular weight excluding hydrogens is 360 g/mol. The Labute approximate surface area is 120 Å². The van der Waals surface area contributed by atoms with Gasteiger partial charge in [0.25, 0.3) is 10.0 Å². The average Bonchev–Trinajstić information content (AvgIpc) is 2.84. The van der Waals surface area contributed by atoms with Crippen LogP contribution >= 0.6 is 27.3 Å². The topological polar surface area (TPSA) is 125 Å². The van der Waals surface area contributed by atoms with E-state index in [1.54, 1.807) is 0 Å². The van der Waals surface area contributed by atoms with Gasteiger partial charge in [0, 0.05) is 0 Å². The molecule has 11 heteroatoms. The van der Waals surface area contributed by atoms with E-state index < -0.39 is 26.6 Å². The van der Waals surface area contributed by atoms with Gasteiger partial charge in [-0.3, -0.25) is 9.82 Å². The molecule has 0 aliphatic carbocycles. The van der Waals surface area contributed by atoms with E-state index >= 15 is 0 Å². The van der Waals surface area contributed by atoms with Crippen molar-refractivity contribution in [1.82, 2.24) is 15.2 Å². The largest absolute Gasteiger partial charge is 0.476 e. The number of hydrogen-bond acceptors (Lipinski definition) is 6. The molecule has 0 aliphatic heterocycles. The van der Waals surface area contributed by atoms with Gasteiger partial charge in [-0.25, -0.2) is 18.2 Å². The number of nitrogens with one attached hydrogen (secondary N) is 2. The molecule has 0 bridgehead atoms. The molecule has 0 amide bonds. The van der Waals surface area contributed by atoms with Crippen molar-refractivity contribution in [1.29, 1.82) is 0 Å². The summed E-state index contributed by atoms with van der Waals surface area (Å²) >= 11 is 4.22. The first-order valence-corrected chi connectivity index (χ1v) is 7.83. The molecule has 0 saturated carbocycles. The van der Waals surface area contributed by atoms with Gasteiger partial charge in [0.1, 0.15) is 4.90 Å². The van der Waals surface area contributed by atoms with E-state index in [0.29, 0.717) is 3.79 Å². The fraction of sp³-hybridized carbons (Fsp3) is 0.125. The number of hydrogen-bond donors (Lipinski definition) is 3. The second kappa shape index (κ2) is 4.90. The van der Waals surface area contributed by atoms with E-state index in [1.807, 2.05) is 0 Å². The first-order chi connectivity index (χ1) is 8.81. The van der Waals surface area contributed by atoms with Gasteiger partial charge < -0.3 is 5.11 Å². The van der Waals surface area contributed by atoms with E-state index in [1.165, 1.54) is 13.1 Å². The Kier molecular flexibility index (Phi) is 3.60. The minimum Gasteiger partial charge on any atom is -0.476 e. The second-order valence-corrected chi connectivity index (χ2v) is 7.44. The van der Waals surface area contributed by atoms with Gasteiger partial charge in [0.2, 0.25) is 0 Å². The summed E-state index contributed by atoms with van der Waals surface area (Å²) in [6, 6.07) is 0. The number of nitrogens with zero attached hydrogens (tertiary/aromatic N) is 2. The number of sulfonamides is 1. The molecule has 0 saturated heterocycles. The summed E-state index contributed by atoms with van der Waals surface area (Å²) in [6.45, 7) is 1.42. The first kappa shape index (κ1) is 14.0. The lowest BCUT2D eigenvalue weighted by atomic mass is 10.4. The number of carboxylic acids is 1. The fourth-order valence-corrected chi connectivity index (χ4v) is 4.03. The van der Waals surface area contributed by atoms with Crippen LogP contribution in [0.3, 0.4) is 0 Å². The zero-order valence-electron chi connectivity index (χ0n) is 9.34. The van der Waals surface area contributed by atoms with Crippen LogP contribution in [-0.2, 0) is 10.0 Å². The lowest BCUT2D eigenvalue weighted by Crippen LogP contribution is -2.16. The number of aromatic amines is 1. The summed E-state index contributed by atoms with van der Waals surface area (Å²) in [5.74, 6) is -1.43. The smallest absolute Gasteiger partial charge is 0.357 e. The highest BCUT2D eigenvalue weighted by molar-refractivity contribution is 9.11. The molecule has 2 aromatic rings. The highest BCUT2D eigenvalue weighted by Gasteiger charge is 2.28. The first-order valence-electron chi connectivity index (χ1n) is 4.73. The Morgan fingerprint density at radius 2 is 2.26 bits per heavy atom. The molecule has 0 fully saturated rings.